The first-order valence-electron chi connectivity index (χ1n) is 8.52. The fourth-order valence-corrected chi connectivity index (χ4v) is 3.08. The first-order valence-corrected chi connectivity index (χ1v) is 8.52. The molecule has 0 atom stereocenters. The molecule has 4 heteroatoms. The quantitative estimate of drug-likeness (QED) is 0.776. The van der Waals surface area contributed by atoms with Gasteiger partial charge < -0.3 is 14.4 Å². The molecular weight excluding hydrogens is 314 g/mol. The van der Waals surface area contributed by atoms with E-state index in [-0.39, 0.29) is 12.0 Å². The molecule has 1 heterocycles. The minimum atomic E-state index is -0.0119. The summed E-state index contributed by atoms with van der Waals surface area (Å²) in [6.45, 7) is 4.93. The van der Waals surface area contributed by atoms with E-state index in [1.165, 1.54) is 6.08 Å². The molecule has 1 saturated heterocycles. The first-order chi connectivity index (χ1) is 12.2. The van der Waals surface area contributed by atoms with Crippen molar-refractivity contribution in [1.29, 1.82) is 0 Å². The summed E-state index contributed by atoms with van der Waals surface area (Å²) in [4.78, 5) is 13.5. The van der Waals surface area contributed by atoms with Crippen molar-refractivity contribution in [3.05, 3.63) is 61.2 Å². The van der Waals surface area contributed by atoms with Gasteiger partial charge in [-0.15, -0.1) is 0 Å². The number of hydrogen-bond donors (Lipinski definition) is 0. The predicted molar refractivity (Wildman–Crippen MR) is 98.9 cm³/mol. The van der Waals surface area contributed by atoms with E-state index >= 15 is 0 Å². The van der Waals surface area contributed by atoms with E-state index in [2.05, 4.69) is 18.7 Å². The zero-order valence-electron chi connectivity index (χ0n) is 14.5. The van der Waals surface area contributed by atoms with E-state index in [4.69, 9.17) is 9.47 Å². The molecule has 0 radical (unpaired) electrons. The molecule has 0 saturated carbocycles. The lowest BCUT2D eigenvalue weighted by atomic mass is 10.0. The van der Waals surface area contributed by atoms with Crippen LogP contribution in [0.15, 0.2) is 61.2 Å². The minimum absolute atomic E-state index is 0.0119. The van der Waals surface area contributed by atoms with Gasteiger partial charge in [-0.3, -0.25) is 4.79 Å². The minimum Gasteiger partial charge on any atom is -0.493 e. The van der Waals surface area contributed by atoms with Crippen molar-refractivity contribution in [1.82, 2.24) is 4.90 Å². The molecule has 0 N–H and O–H groups in total. The molecule has 2 aromatic carbocycles. The molecule has 0 aromatic heterocycles. The number of methoxy groups -OCH3 is 1. The van der Waals surface area contributed by atoms with Gasteiger partial charge in [-0.25, -0.2) is 0 Å². The molecule has 2 aromatic rings. The van der Waals surface area contributed by atoms with Gasteiger partial charge in [0, 0.05) is 25.9 Å². The average Bonchev–Trinajstić information content (AvgIpc) is 2.68. The molecule has 0 aliphatic carbocycles. The Morgan fingerprint density at radius 3 is 2.44 bits per heavy atom. The molecule has 0 spiro atoms. The van der Waals surface area contributed by atoms with Crippen molar-refractivity contribution in [3.63, 3.8) is 0 Å². The summed E-state index contributed by atoms with van der Waals surface area (Å²) in [5, 5.41) is 0. The molecule has 25 heavy (non-hydrogen) atoms. The second kappa shape index (κ2) is 7.88. The van der Waals surface area contributed by atoms with Crippen LogP contribution in [0.1, 0.15) is 12.8 Å². The van der Waals surface area contributed by atoms with Crippen molar-refractivity contribution in [2.45, 2.75) is 18.9 Å². The second-order valence-corrected chi connectivity index (χ2v) is 6.08. The topological polar surface area (TPSA) is 38.8 Å². The zero-order valence-corrected chi connectivity index (χ0v) is 14.5. The lowest BCUT2D eigenvalue weighted by Crippen LogP contribution is -2.41. The third-order valence-electron chi connectivity index (χ3n) is 4.49. The van der Waals surface area contributed by atoms with Crippen molar-refractivity contribution in [3.8, 4) is 22.6 Å². The molecule has 1 aliphatic heterocycles. The standard InChI is InChI=1S/C21H23NO3/c1-3-21(23)22-13-11-18(12-14-22)25-20-15-17(9-10-19(20)24-2)16-7-5-4-6-8-16/h3-10,15,18H,1,11-14H2,2H3. The zero-order chi connectivity index (χ0) is 17.6. The Hall–Kier alpha value is -2.75. The molecule has 130 valence electrons. The third-order valence-corrected chi connectivity index (χ3v) is 4.49. The van der Waals surface area contributed by atoms with Crippen molar-refractivity contribution >= 4 is 5.91 Å². The number of hydrogen-bond acceptors (Lipinski definition) is 3. The molecule has 1 fully saturated rings. The number of piperidine rings is 1. The highest BCUT2D eigenvalue weighted by atomic mass is 16.5. The molecular formula is C21H23NO3. The molecule has 1 amide bonds. The van der Waals surface area contributed by atoms with Crippen LogP contribution in [0.2, 0.25) is 0 Å². The van der Waals surface area contributed by atoms with E-state index in [1.54, 1.807) is 7.11 Å². The first kappa shape index (κ1) is 17.1. The maximum absolute atomic E-state index is 11.7. The molecule has 0 bridgehead atoms. The van der Waals surface area contributed by atoms with Crippen molar-refractivity contribution in [2.75, 3.05) is 20.2 Å². The van der Waals surface area contributed by atoms with Gasteiger partial charge in [0.05, 0.1) is 7.11 Å². The highest BCUT2D eigenvalue weighted by Gasteiger charge is 2.23. The summed E-state index contributed by atoms with van der Waals surface area (Å²) in [6.07, 6.45) is 3.05. The summed E-state index contributed by atoms with van der Waals surface area (Å²) in [7, 11) is 1.65. The number of amides is 1. The Kier molecular flexibility index (Phi) is 5.39. The summed E-state index contributed by atoms with van der Waals surface area (Å²) >= 11 is 0. The van der Waals surface area contributed by atoms with E-state index in [0.717, 1.165) is 35.5 Å². The Labute approximate surface area is 148 Å². The maximum Gasteiger partial charge on any atom is 0.245 e. The second-order valence-electron chi connectivity index (χ2n) is 6.08. The Balaban J connectivity index is 1.73. The summed E-state index contributed by atoms with van der Waals surface area (Å²) < 4.78 is 11.7. The number of likely N-dealkylation sites (tertiary alicyclic amines) is 1. The number of carbonyl (C=O) groups is 1. The highest BCUT2D eigenvalue weighted by molar-refractivity contribution is 5.87. The van der Waals surface area contributed by atoms with Crippen LogP contribution in [0.4, 0.5) is 0 Å². The van der Waals surface area contributed by atoms with Gasteiger partial charge in [-0.1, -0.05) is 43.0 Å². The van der Waals surface area contributed by atoms with E-state index in [0.29, 0.717) is 13.1 Å². The van der Waals surface area contributed by atoms with Gasteiger partial charge in [0.1, 0.15) is 6.10 Å². The van der Waals surface area contributed by atoms with E-state index in [9.17, 15) is 4.79 Å². The van der Waals surface area contributed by atoms with Crippen LogP contribution in [0.3, 0.4) is 0 Å². The smallest absolute Gasteiger partial charge is 0.245 e. The SMILES string of the molecule is C=CC(=O)N1CCC(Oc2cc(-c3ccccc3)ccc2OC)CC1. The largest absolute Gasteiger partial charge is 0.493 e. The van der Waals surface area contributed by atoms with Crippen LogP contribution < -0.4 is 9.47 Å². The van der Waals surface area contributed by atoms with Crippen LogP contribution in [-0.4, -0.2) is 37.1 Å². The third kappa shape index (κ3) is 4.02. The van der Waals surface area contributed by atoms with Crippen LogP contribution in [0, 0.1) is 0 Å². The molecule has 1 aliphatic rings. The Bertz CT molecular complexity index is 734. The fourth-order valence-electron chi connectivity index (χ4n) is 3.08. The molecule has 3 rings (SSSR count). The summed E-state index contributed by atoms with van der Waals surface area (Å²) in [6, 6.07) is 16.2. The number of carbonyl (C=O) groups excluding carboxylic acids is 1. The van der Waals surface area contributed by atoms with Crippen molar-refractivity contribution in [2.24, 2.45) is 0 Å². The highest BCUT2D eigenvalue weighted by Crippen LogP contribution is 2.34. The van der Waals surface area contributed by atoms with Crippen LogP contribution in [-0.2, 0) is 4.79 Å². The maximum atomic E-state index is 11.7. The van der Waals surface area contributed by atoms with Crippen LogP contribution in [0.5, 0.6) is 11.5 Å². The normalized spacial score (nSPS) is 14.8. The van der Waals surface area contributed by atoms with E-state index in [1.807, 2.05) is 41.3 Å². The van der Waals surface area contributed by atoms with Crippen LogP contribution in [0.25, 0.3) is 11.1 Å². The summed E-state index contributed by atoms with van der Waals surface area (Å²) in [5.74, 6) is 1.46. The lowest BCUT2D eigenvalue weighted by molar-refractivity contribution is -0.127. The average molecular weight is 337 g/mol. The number of rotatable bonds is 5. The van der Waals surface area contributed by atoms with Gasteiger partial charge in [0.25, 0.3) is 0 Å². The monoisotopic (exact) mass is 337 g/mol. The predicted octanol–water partition coefficient (Wildman–Crippen LogP) is 3.92. The molecule has 4 nitrogen and oxygen atoms in total. The van der Waals surface area contributed by atoms with Crippen molar-refractivity contribution < 1.29 is 14.3 Å². The number of ether oxygens (including phenoxy) is 2. The molecule has 0 unspecified atom stereocenters. The number of nitrogens with zero attached hydrogens (tertiary/aromatic N) is 1. The van der Waals surface area contributed by atoms with Gasteiger partial charge >= 0.3 is 0 Å². The Morgan fingerprint density at radius 2 is 1.80 bits per heavy atom. The fraction of sp³-hybridized carbons (Fsp3) is 0.286. The lowest BCUT2D eigenvalue weighted by Gasteiger charge is -2.31. The van der Waals surface area contributed by atoms with E-state index < -0.39 is 0 Å². The van der Waals surface area contributed by atoms with Gasteiger partial charge in [0.15, 0.2) is 11.5 Å². The van der Waals surface area contributed by atoms with Gasteiger partial charge in [-0.2, -0.15) is 0 Å². The van der Waals surface area contributed by atoms with Gasteiger partial charge in [0.2, 0.25) is 5.91 Å². The summed E-state index contributed by atoms with van der Waals surface area (Å²) in [5.41, 5.74) is 2.23. The Morgan fingerprint density at radius 1 is 1.08 bits per heavy atom. The van der Waals surface area contributed by atoms with Crippen LogP contribution >= 0.6 is 0 Å². The van der Waals surface area contributed by atoms with Gasteiger partial charge in [-0.05, 0) is 29.3 Å². The number of benzene rings is 2.